The summed E-state index contributed by atoms with van der Waals surface area (Å²) in [6.07, 6.45) is 1.21. The highest BCUT2D eigenvalue weighted by atomic mass is 32.2. The van der Waals surface area contributed by atoms with Gasteiger partial charge in [-0.3, -0.25) is 9.59 Å². The van der Waals surface area contributed by atoms with E-state index in [9.17, 15) is 18.0 Å². The smallest absolute Gasteiger partial charge is 0.254 e. The molecule has 0 aliphatic carbocycles. The molecule has 0 spiro atoms. The van der Waals surface area contributed by atoms with E-state index in [2.05, 4.69) is 0 Å². The molecule has 0 aromatic heterocycles. The van der Waals surface area contributed by atoms with E-state index in [4.69, 9.17) is 10.9 Å². The fraction of sp³-hybridized carbons (Fsp3) is 0.385. The van der Waals surface area contributed by atoms with Gasteiger partial charge in [-0.25, -0.2) is 13.6 Å². The molecule has 1 fully saturated rings. The Morgan fingerprint density at radius 2 is 2.00 bits per heavy atom. The fourth-order valence-corrected chi connectivity index (χ4v) is 3.01. The van der Waals surface area contributed by atoms with E-state index in [0.717, 1.165) is 0 Å². The first kappa shape index (κ1) is 15.5. The van der Waals surface area contributed by atoms with E-state index < -0.39 is 27.9 Å². The van der Waals surface area contributed by atoms with Crippen LogP contribution in [0.4, 0.5) is 0 Å². The van der Waals surface area contributed by atoms with Gasteiger partial charge in [0, 0.05) is 12.1 Å². The summed E-state index contributed by atoms with van der Waals surface area (Å²) >= 11 is 0. The number of hydrogen-bond acceptors (Lipinski definition) is 4. The zero-order valence-electron chi connectivity index (χ0n) is 11.6. The van der Waals surface area contributed by atoms with E-state index >= 15 is 0 Å². The molecule has 1 aromatic rings. The summed E-state index contributed by atoms with van der Waals surface area (Å²) < 4.78 is 22.8. The van der Waals surface area contributed by atoms with Crippen molar-refractivity contribution in [1.82, 2.24) is 4.90 Å². The third-order valence-electron chi connectivity index (χ3n) is 3.61. The summed E-state index contributed by atoms with van der Waals surface area (Å²) in [6.45, 7) is 2.11. The quantitative estimate of drug-likeness (QED) is 0.797. The highest BCUT2D eigenvalue weighted by molar-refractivity contribution is 7.89. The van der Waals surface area contributed by atoms with Crippen LogP contribution in [-0.2, 0) is 14.8 Å². The Morgan fingerprint density at radius 1 is 1.33 bits per heavy atom. The van der Waals surface area contributed by atoms with Gasteiger partial charge in [-0.2, -0.15) is 0 Å². The van der Waals surface area contributed by atoms with E-state index in [1.165, 1.54) is 23.1 Å². The third kappa shape index (κ3) is 3.06. The topological polar surface area (TPSA) is 124 Å². The minimum atomic E-state index is -3.89. The zero-order valence-corrected chi connectivity index (χ0v) is 12.4. The Morgan fingerprint density at radius 3 is 2.57 bits per heavy atom. The number of aryl methyl sites for hydroxylation is 1. The summed E-state index contributed by atoms with van der Waals surface area (Å²) in [4.78, 5) is 25.2. The maximum absolute atomic E-state index is 12.5. The van der Waals surface area contributed by atoms with Crippen molar-refractivity contribution in [1.29, 1.82) is 0 Å². The second-order valence-corrected chi connectivity index (χ2v) is 6.64. The Kier molecular flexibility index (Phi) is 4.02. The van der Waals surface area contributed by atoms with E-state index in [-0.39, 0.29) is 10.5 Å². The van der Waals surface area contributed by atoms with Crippen molar-refractivity contribution in [3.63, 3.8) is 0 Å². The molecule has 7 nitrogen and oxygen atoms in total. The number of sulfonamides is 1. The number of amides is 2. The summed E-state index contributed by atoms with van der Waals surface area (Å²) in [7, 11) is -3.89. The minimum absolute atomic E-state index is 0.133. The second-order valence-electron chi connectivity index (χ2n) is 5.08. The van der Waals surface area contributed by atoms with Crippen molar-refractivity contribution in [2.45, 2.75) is 30.7 Å². The van der Waals surface area contributed by atoms with Crippen molar-refractivity contribution in [3.05, 3.63) is 29.3 Å². The molecule has 2 rings (SSSR count). The average Bonchev–Trinajstić information content (AvgIpc) is 2.86. The molecule has 1 heterocycles. The molecule has 0 bridgehead atoms. The second kappa shape index (κ2) is 5.45. The number of primary amides is 1. The van der Waals surface area contributed by atoms with Gasteiger partial charge in [0.15, 0.2) is 0 Å². The molecule has 0 saturated carbocycles. The van der Waals surface area contributed by atoms with Gasteiger partial charge in [-0.15, -0.1) is 0 Å². The molecule has 0 unspecified atom stereocenters. The van der Waals surface area contributed by atoms with E-state index in [1.54, 1.807) is 6.92 Å². The number of primary sulfonamides is 1. The molecule has 1 aliphatic heterocycles. The third-order valence-corrected chi connectivity index (χ3v) is 4.52. The number of carbonyl (C=O) groups is 2. The highest BCUT2D eigenvalue weighted by Crippen LogP contribution is 2.23. The molecule has 0 radical (unpaired) electrons. The molecule has 8 heteroatoms. The van der Waals surface area contributed by atoms with Crippen LogP contribution >= 0.6 is 0 Å². The van der Waals surface area contributed by atoms with Gasteiger partial charge in [0.05, 0.1) is 4.90 Å². The van der Waals surface area contributed by atoms with E-state index in [1.807, 2.05) is 0 Å². The largest absolute Gasteiger partial charge is 0.368 e. The summed E-state index contributed by atoms with van der Waals surface area (Å²) in [5, 5.41) is 5.08. The van der Waals surface area contributed by atoms with Gasteiger partial charge < -0.3 is 10.6 Å². The number of carbonyl (C=O) groups excluding carboxylic acids is 2. The van der Waals surface area contributed by atoms with Crippen molar-refractivity contribution >= 4 is 21.8 Å². The Hall–Kier alpha value is -1.93. The standard InChI is InChI=1S/C13H17N3O4S/c1-8-4-5-9(21(15,19)20)7-10(8)13(18)16-6-2-3-11(16)12(14)17/h4-5,7,11H,2-3,6H2,1H3,(H2,14,17)(H2,15,19,20)/t11-/m1/s1. The zero-order chi connectivity index (χ0) is 15.8. The Balaban J connectivity index is 2.41. The number of nitrogens with zero attached hydrogens (tertiary/aromatic N) is 1. The van der Waals surface area contributed by atoms with Gasteiger partial charge in [0.1, 0.15) is 6.04 Å². The predicted octanol–water partition coefficient (Wildman–Crippen LogP) is -0.268. The number of likely N-dealkylation sites (tertiary alicyclic amines) is 1. The molecule has 1 aromatic carbocycles. The van der Waals surface area contributed by atoms with Gasteiger partial charge in [0.25, 0.3) is 5.91 Å². The SMILES string of the molecule is Cc1ccc(S(N)(=O)=O)cc1C(=O)N1CCC[C@@H]1C(N)=O. The monoisotopic (exact) mass is 311 g/mol. The average molecular weight is 311 g/mol. The molecule has 114 valence electrons. The lowest BCUT2D eigenvalue weighted by Gasteiger charge is -2.23. The fourth-order valence-electron chi connectivity index (χ4n) is 2.47. The van der Waals surface area contributed by atoms with Crippen LogP contribution in [0.15, 0.2) is 23.1 Å². The van der Waals surface area contributed by atoms with Crippen LogP contribution in [-0.4, -0.2) is 37.7 Å². The Bertz CT molecular complexity index is 699. The lowest BCUT2D eigenvalue weighted by molar-refractivity contribution is -0.121. The first-order valence-corrected chi connectivity index (χ1v) is 8.00. The van der Waals surface area contributed by atoms with Crippen molar-refractivity contribution in [2.75, 3.05) is 6.54 Å². The number of hydrogen-bond donors (Lipinski definition) is 2. The van der Waals surface area contributed by atoms with Crippen LogP contribution < -0.4 is 10.9 Å². The predicted molar refractivity (Wildman–Crippen MR) is 75.8 cm³/mol. The van der Waals surface area contributed by atoms with Gasteiger partial charge >= 0.3 is 0 Å². The van der Waals surface area contributed by atoms with Crippen LogP contribution in [0.1, 0.15) is 28.8 Å². The van der Waals surface area contributed by atoms with Crippen LogP contribution in [0.3, 0.4) is 0 Å². The van der Waals surface area contributed by atoms with Gasteiger partial charge in [-0.05, 0) is 37.5 Å². The molecule has 4 N–H and O–H groups in total. The van der Waals surface area contributed by atoms with Gasteiger partial charge in [0.2, 0.25) is 15.9 Å². The minimum Gasteiger partial charge on any atom is -0.368 e. The first-order chi connectivity index (χ1) is 9.71. The molecule has 21 heavy (non-hydrogen) atoms. The highest BCUT2D eigenvalue weighted by Gasteiger charge is 2.33. The number of nitrogens with two attached hydrogens (primary N) is 2. The molecular weight excluding hydrogens is 294 g/mol. The lowest BCUT2D eigenvalue weighted by Crippen LogP contribution is -2.43. The van der Waals surface area contributed by atoms with Crippen molar-refractivity contribution in [3.8, 4) is 0 Å². The van der Waals surface area contributed by atoms with E-state index in [0.29, 0.717) is 24.9 Å². The molecule has 1 atom stereocenters. The van der Waals surface area contributed by atoms with Crippen molar-refractivity contribution in [2.24, 2.45) is 10.9 Å². The maximum Gasteiger partial charge on any atom is 0.254 e. The lowest BCUT2D eigenvalue weighted by atomic mass is 10.1. The normalized spacial score (nSPS) is 18.8. The number of rotatable bonds is 3. The van der Waals surface area contributed by atoms with Crippen LogP contribution in [0.2, 0.25) is 0 Å². The summed E-state index contributed by atoms with van der Waals surface area (Å²) in [6, 6.07) is 3.46. The molecule has 1 aliphatic rings. The summed E-state index contributed by atoms with van der Waals surface area (Å²) in [5.74, 6) is -0.958. The maximum atomic E-state index is 12.5. The first-order valence-electron chi connectivity index (χ1n) is 6.45. The molecule has 1 saturated heterocycles. The summed E-state index contributed by atoms with van der Waals surface area (Å²) in [5.41, 5.74) is 6.12. The molecular formula is C13H17N3O4S. The number of benzene rings is 1. The van der Waals surface area contributed by atoms with Crippen LogP contribution in [0.5, 0.6) is 0 Å². The van der Waals surface area contributed by atoms with Crippen LogP contribution in [0.25, 0.3) is 0 Å². The molecule has 2 amide bonds. The van der Waals surface area contributed by atoms with Crippen LogP contribution in [0, 0.1) is 6.92 Å². The van der Waals surface area contributed by atoms with Gasteiger partial charge in [-0.1, -0.05) is 6.07 Å². The van der Waals surface area contributed by atoms with Crippen molar-refractivity contribution < 1.29 is 18.0 Å². The Labute approximate surface area is 123 Å².